The summed E-state index contributed by atoms with van der Waals surface area (Å²) < 4.78 is 24.2. The highest BCUT2D eigenvalue weighted by Gasteiger charge is 2.24. The van der Waals surface area contributed by atoms with E-state index >= 15 is 0 Å². The fourth-order valence-corrected chi connectivity index (χ4v) is 5.14. The van der Waals surface area contributed by atoms with Crippen molar-refractivity contribution in [1.82, 2.24) is 39.1 Å². The molecule has 0 spiro atoms. The van der Waals surface area contributed by atoms with Crippen molar-refractivity contribution in [2.75, 3.05) is 19.7 Å². The standard InChI is InChI=1S/C29H30FN9O2/c1-29(2,40)19-41-25-8-26(28-21(9-31)11-34-39(28)18-25)22-12-33-37(15-22)24-4-3-7-36(17-24)14-20-5-6-27(32-10-20)38-16-23(30)13-35-38/h5-6,8,10-13,15-16,18,24,40H,3-4,7,14,17,19H2,1-2H3/t24-/m0/s1. The van der Waals surface area contributed by atoms with Crippen LogP contribution in [0.5, 0.6) is 5.75 Å². The predicted molar refractivity (Wildman–Crippen MR) is 148 cm³/mol. The third-order valence-corrected chi connectivity index (χ3v) is 7.07. The summed E-state index contributed by atoms with van der Waals surface area (Å²) in [7, 11) is 0. The van der Waals surface area contributed by atoms with Gasteiger partial charge in [0.15, 0.2) is 11.6 Å². The number of aliphatic hydroxyl groups is 1. The molecule has 210 valence electrons. The molecular formula is C29H30FN9O2. The molecule has 1 aliphatic heterocycles. The Balaban J connectivity index is 1.20. The highest BCUT2D eigenvalue weighted by atomic mass is 19.1. The SMILES string of the molecule is CC(C)(O)COc1cc(-c2cnn([C@H]3CCCN(Cc4ccc(-n5cc(F)cn5)nc4)C3)c2)c2c(C#N)cnn2c1. The minimum Gasteiger partial charge on any atom is -0.489 e. The summed E-state index contributed by atoms with van der Waals surface area (Å²) in [5, 5.41) is 32.8. The number of piperidine rings is 1. The van der Waals surface area contributed by atoms with Crippen LogP contribution in [0.2, 0.25) is 0 Å². The maximum absolute atomic E-state index is 13.3. The minimum absolute atomic E-state index is 0.113. The highest BCUT2D eigenvalue weighted by Crippen LogP contribution is 2.32. The van der Waals surface area contributed by atoms with Gasteiger partial charge in [0.05, 0.1) is 53.7 Å². The van der Waals surface area contributed by atoms with Crippen molar-refractivity contribution in [3.8, 4) is 28.8 Å². The molecule has 0 unspecified atom stereocenters. The molecule has 0 aromatic carbocycles. The molecule has 1 saturated heterocycles. The van der Waals surface area contributed by atoms with Crippen molar-refractivity contribution in [3.05, 3.63) is 78.5 Å². The van der Waals surface area contributed by atoms with Gasteiger partial charge in [0, 0.05) is 36.6 Å². The number of likely N-dealkylation sites (tertiary alicyclic amines) is 1. The summed E-state index contributed by atoms with van der Waals surface area (Å²) in [6, 6.07) is 8.11. The smallest absolute Gasteiger partial charge is 0.161 e. The number of halogens is 1. The van der Waals surface area contributed by atoms with Gasteiger partial charge in [0.1, 0.15) is 18.4 Å². The summed E-state index contributed by atoms with van der Waals surface area (Å²) >= 11 is 0. The molecule has 12 heteroatoms. The lowest BCUT2D eigenvalue weighted by Gasteiger charge is -2.32. The van der Waals surface area contributed by atoms with Gasteiger partial charge in [-0.1, -0.05) is 6.07 Å². The molecule has 11 nitrogen and oxygen atoms in total. The number of ether oxygens (including phenoxy) is 1. The first-order valence-corrected chi connectivity index (χ1v) is 13.4. The first-order valence-electron chi connectivity index (χ1n) is 13.4. The van der Waals surface area contributed by atoms with Crippen LogP contribution >= 0.6 is 0 Å². The van der Waals surface area contributed by atoms with E-state index in [4.69, 9.17) is 9.84 Å². The van der Waals surface area contributed by atoms with Crippen LogP contribution in [0.3, 0.4) is 0 Å². The van der Waals surface area contributed by atoms with Crippen LogP contribution in [-0.2, 0) is 6.54 Å². The molecule has 0 aliphatic carbocycles. The van der Waals surface area contributed by atoms with E-state index in [2.05, 4.69) is 26.2 Å². The van der Waals surface area contributed by atoms with Gasteiger partial charge < -0.3 is 9.84 Å². The van der Waals surface area contributed by atoms with E-state index in [1.807, 2.05) is 35.3 Å². The Bertz CT molecular complexity index is 1710. The van der Waals surface area contributed by atoms with E-state index in [0.29, 0.717) is 22.6 Å². The molecule has 6 heterocycles. The number of aromatic nitrogens is 7. The molecule has 0 saturated carbocycles. The molecular weight excluding hydrogens is 525 g/mol. The lowest BCUT2D eigenvalue weighted by atomic mass is 10.0. The molecule has 1 N–H and O–H groups in total. The molecule has 1 aliphatic rings. The van der Waals surface area contributed by atoms with E-state index < -0.39 is 11.4 Å². The molecule has 5 aromatic heterocycles. The number of hydrogen-bond acceptors (Lipinski definition) is 8. The minimum atomic E-state index is -0.994. The lowest BCUT2D eigenvalue weighted by molar-refractivity contribution is 0.0283. The Morgan fingerprint density at radius 3 is 2.73 bits per heavy atom. The van der Waals surface area contributed by atoms with Gasteiger partial charge in [-0.15, -0.1) is 0 Å². The van der Waals surface area contributed by atoms with Crippen molar-refractivity contribution in [1.29, 1.82) is 5.26 Å². The second kappa shape index (κ2) is 10.8. The summed E-state index contributed by atoms with van der Waals surface area (Å²) in [6.45, 7) is 6.02. The molecule has 1 atom stereocenters. The van der Waals surface area contributed by atoms with Gasteiger partial charge in [-0.05, 0) is 50.9 Å². The highest BCUT2D eigenvalue weighted by molar-refractivity contribution is 5.84. The Kier molecular flexibility index (Phi) is 6.98. The maximum Gasteiger partial charge on any atom is 0.161 e. The van der Waals surface area contributed by atoms with E-state index in [0.717, 1.165) is 55.4 Å². The van der Waals surface area contributed by atoms with Crippen molar-refractivity contribution in [3.63, 3.8) is 0 Å². The van der Waals surface area contributed by atoms with E-state index in [1.165, 1.54) is 17.1 Å². The van der Waals surface area contributed by atoms with E-state index in [1.54, 1.807) is 30.8 Å². The van der Waals surface area contributed by atoms with Gasteiger partial charge >= 0.3 is 0 Å². The quantitative estimate of drug-likeness (QED) is 0.307. The average Bonchev–Trinajstić information content (AvgIpc) is 3.71. The fraction of sp³-hybridized carbons (Fsp3) is 0.345. The lowest BCUT2D eigenvalue weighted by Crippen LogP contribution is -2.36. The first kappa shape index (κ1) is 26.6. The summed E-state index contributed by atoms with van der Waals surface area (Å²) in [4.78, 5) is 6.83. The number of pyridine rings is 2. The normalized spacial score (nSPS) is 16.2. The number of rotatable bonds is 8. The third-order valence-electron chi connectivity index (χ3n) is 7.07. The zero-order chi connectivity index (χ0) is 28.6. The molecule has 41 heavy (non-hydrogen) atoms. The van der Waals surface area contributed by atoms with Gasteiger partial charge in [0.25, 0.3) is 0 Å². The number of nitrogens with zero attached hydrogens (tertiary/aromatic N) is 9. The molecule has 6 rings (SSSR count). The zero-order valence-electron chi connectivity index (χ0n) is 22.9. The molecule has 0 amide bonds. The molecule has 1 fully saturated rings. The van der Waals surface area contributed by atoms with Crippen LogP contribution in [0.1, 0.15) is 43.9 Å². The summed E-state index contributed by atoms with van der Waals surface area (Å²) in [6.07, 6.45) is 13.4. The van der Waals surface area contributed by atoms with Crippen LogP contribution in [0.15, 0.2) is 61.6 Å². The zero-order valence-corrected chi connectivity index (χ0v) is 22.9. The molecule has 0 radical (unpaired) electrons. The van der Waals surface area contributed by atoms with Crippen molar-refractivity contribution in [2.24, 2.45) is 0 Å². The molecule has 5 aromatic rings. The van der Waals surface area contributed by atoms with Crippen LogP contribution in [0.25, 0.3) is 22.5 Å². The van der Waals surface area contributed by atoms with Crippen LogP contribution in [0.4, 0.5) is 4.39 Å². The van der Waals surface area contributed by atoms with Gasteiger partial charge in [-0.3, -0.25) is 9.58 Å². The second-order valence-electron chi connectivity index (χ2n) is 11.0. The van der Waals surface area contributed by atoms with Crippen molar-refractivity contribution >= 4 is 5.52 Å². The van der Waals surface area contributed by atoms with Gasteiger partial charge in [0.2, 0.25) is 0 Å². The largest absolute Gasteiger partial charge is 0.489 e. The summed E-state index contributed by atoms with van der Waals surface area (Å²) in [5.74, 6) is 0.708. The van der Waals surface area contributed by atoms with E-state index in [-0.39, 0.29) is 12.6 Å². The maximum atomic E-state index is 13.3. The second-order valence-corrected chi connectivity index (χ2v) is 11.0. The van der Waals surface area contributed by atoms with Crippen LogP contribution < -0.4 is 4.74 Å². The Morgan fingerprint density at radius 2 is 2.00 bits per heavy atom. The van der Waals surface area contributed by atoms with E-state index in [9.17, 15) is 14.8 Å². The number of nitriles is 1. The average molecular weight is 556 g/mol. The molecule has 0 bridgehead atoms. The predicted octanol–water partition coefficient (Wildman–Crippen LogP) is 3.78. The van der Waals surface area contributed by atoms with Crippen molar-refractivity contribution in [2.45, 2.75) is 44.9 Å². The number of hydrogen-bond donors (Lipinski definition) is 1. The Morgan fingerprint density at radius 1 is 1.12 bits per heavy atom. The third kappa shape index (κ3) is 5.82. The van der Waals surface area contributed by atoms with Gasteiger partial charge in [-0.2, -0.15) is 20.6 Å². The Hall–Kier alpha value is -4.60. The van der Waals surface area contributed by atoms with Gasteiger partial charge in [-0.25, -0.2) is 18.6 Å². The topological polar surface area (TPSA) is 122 Å². The summed E-state index contributed by atoms with van der Waals surface area (Å²) in [5.41, 5.74) is 2.86. The first-order chi connectivity index (χ1) is 19.8. The Labute approximate surface area is 236 Å². The fourth-order valence-electron chi connectivity index (χ4n) is 5.14. The van der Waals surface area contributed by atoms with Crippen LogP contribution in [0, 0.1) is 17.1 Å². The van der Waals surface area contributed by atoms with Crippen LogP contribution in [-0.4, -0.2) is 69.5 Å². The number of fused-ring (bicyclic) bond motifs is 1. The van der Waals surface area contributed by atoms with Crippen molar-refractivity contribution < 1.29 is 14.2 Å². The monoisotopic (exact) mass is 555 g/mol.